The molecule has 0 bridgehead atoms. The first kappa shape index (κ1) is 27.2. The molecule has 0 unspecified atom stereocenters. The van der Waals surface area contributed by atoms with E-state index < -0.39 is 23.3 Å². The number of carbonyl (C=O) groups excluding carboxylic acids is 1. The Morgan fingerprint density at radius 3 is 2.28 bits per heavy atom. The lowest BCUT2D eigenvalue weighted by molar-refractivity contribution is -0.142. The molecule has 0 fully saturated rings. The minimum absolute atomic E-state index is 0.328. The highest BCUT2D eigenvalue weighted by Crippen LogP contribution is 2.40. The summed E-state index contributed by atoms with van der Waals surface area (Å²) >= 11 is 0. The second-order valence-corrected chi connectivity index (χ2v) is 9.86. The molecule has 0 aliphatic rings. The zero-order valence-electron chi connectivity index (χ0n) is 22.6. The average Bonchev–Trinajstić information content (AvgIpc) is 3.33. The first-order chi connectivity index (χ1) is 18.5. The maximum atomic E-state index is 13.0. The molecule has 0 saturated heterocycles. The van der Waals surface area contributed by atoms with Crippen molar-refractivity contribution in [2.75, 3.05) is 26.6 Å². The molecule has 0 spiro atoms. The summed E-state index contributed by atoms with van der Waals surface area (Å²) in [5.41, 5.74) is 1.59. The minimum atomic E-state index is -1.09. The lowest BCUT2D eigenvalue weighted by Crippen LogP contribution is -2.49. The molecule has 2 aromatic heterocycles. The van der Waals surface area contributed by atoms with Crippen LogP contribution < -0.4 is 24.8 Å². The van der Waals surface area contributed by atoms with Crippen molar-refractivity contribution in [3.8, 4) is 22.9 Å². The van der Waals surface area contributed by atoms with Crippen LogP contribution in [0.15, 0.2) is 54.9 Å². The van der Waals surface area contributed by atoms with Crippen LogP contribution in [0.25, 0.3) is 16.7 Å². The smallest absolute Gasteiger partial charge is 0.326 e. The fourth-order valence-electron chi connectivity index (χ4n) is 4.13. The van der Waals surface area contributed by atoms with Crippen LogP contribution in [0.5, 0.6) is 17.2 Å². The van der Waals surface area contributed by atoms with E-state index in [1.165, 1.54) is 21.3 Å². The normalized spacial score (nSPS) is 12.1. The van der Waals surface area contributed by atoms with Crippen LogP contribution >= 0.6 is 0 Å². The number of aliphatic carboxylic acids is 1. The molecule has 1 amide bonds. The molecule has 2 aromatic carbocycles. The van der Waals surface area contributed by atoms with Gasteiger partial charge in [-0.2, -0.15) is 4.98 Å². The number of carboxylic acids is 1. The predicted molar refractivity (Wildman–Crippen MR) is 147 cm³/mol. The number of carbonyl (C=O) groups is 2. The number of carboxylic acid groups (broad SMARTS) is 1. The average molecular weight is 534 g/mol. The summed E-state index contributed by atoms with van der Waals surface area (Å²) in [6, 6.07) is 11.2. The van der Waals surface area contributed by atoms with E-state index in [4.69, 9.17) is 14.2 Å². The highest BCUT2D eigenvalue weighted by Gasteiger charge is 2.32. The Bertz CT molecular complexity index is 1500. The molecule has 11 heteroatoms. The third-order valence-corrected chi connectivity index (χ3v) is 6.12. The molecule has 4 aromatic rings. The Labute approximate surface area is 225 Å². The molecule has 0 aliphatic carbocycles. The highest BCUT2D eigenvalue weighted by atomic mass is 16.5. The molecule has 2 heterocycles. The maximum absolute atomic E-state index is 13.0. The van der Waals surface area contributed by atoms with Gasteiger partial charge >= 0.3 is 5.97 Å². The monoisotopic (exact) mass is 533 g/mol. The van der Waals surface area contributed by atoms with Gasteiger partial charge in [-0.3, -0.25) is 4.79 Å². The molecule has 0 radical (unpaired) electrons. The van der Waals surface area contributed by atoms with Gasteiger partial charge in [-0.05, 0) is 29.7 Å². The number of aromatic nitrogens is 3. The summed E-state index contributed by atoms with van der Waals surface area (Å²) in [6.45, 7) is 5.29. The predicted octanol–water partition coefficient (Wildman–Crippen LogP) is 4.42. The van der Waals surface area contributed by atoms with E-state index in [0.717, 1.165) is 5.39 Å². The van der Waals surface area contributed by atoms with Gasteiger partial charge in [-0.25, -0.2) is 9.78 Å². The molecule has 3 N–H and O–H groups in total. The SMILES string of the molecule is COc1cc(Nc2ncc3ccn(-c4cccc(C(=O)N[C@@H](C(=O)O)C(C)(C)C)c4)c3n2)cc(OC)c1OC. The molecular formula is C28H31N5O6. The fourth-order valence-corrected chi connectivity index (χ4v) is 4.13. The van der Waals surface area contributed by atoms with Crippen LogP contribution in [0.4, 0.5) is 11.6 Å². The van der Waals surface area contributed by atoms with Crippen molar-refractivity contribution in [3.63, 3.8) is 0 Å². The Balaban J connectivity index is 1.65. The van der Waals surface area contributed by atoms with Crippen molar-refractivity contribution in [3.05, 3.63) is 60.4 Å². The first-order valence-electron chi connectivity index (χ1n) is 12.1. The topological polar surface area (TPSA) is 137 Å². The molecule has 39 heavy (non-hydrogen) atoms. The summed E-state index contributed by atoms with van der Waals surface area (Å²) in [5, 5.41) is 16.2. The van der Waals surface area contributed by atoms with Crippen LogP contribution in [-0.4, -0.2) is 58.9 Å². The highest BCUT2D eigenvalue weighted by molar-refractivity contribution is 5.97. The van der Waals surface area contributed by atoms with E-state index in [1.54, 1.807) is 57.3 Å². The number of fused-ring (bicyclic) bond motifs is 1. The molecular weight excluding hydrogens is 502 g/mol. The molecule has 1 atom stereocenters. The Hall–Kier alpha value is -4.80. The number of rotatable bonds is 9. The largest absolute Gasteiger partial charge is 0.493 e. The van der Waals surface area contributed by atoms with Crippen LogP contribution in [0.3, 0.4) is 0 Å². The Morgan fingerprint density at radius 1 is 1.00 bits per heavy atom. The van der Waals surface area contributed by atoms with Gasteiger partial charge in [0.25, 0.3) is 5.91 Å². The first-order valence-corrected chi connectivity index (χ1v) is 12.1. The van der Waals surface area contributed by atoms with Crippen LogP contribution in [0.1, 0.15) is 31.1 Å². The Morgan fingerprint density at radius 2 is 1.69 bits per heavy atom. The number of benzene rings is 2. The van der Waals surface area contributed by atoms with Crippen LogP contribution in [0.2, 0.25) is 0 Å². The number of nitrogens with one attached hydrogen (secondary N) is 2. The third kappa shape index (κ3) is 5.71. The lowest BCUT2D eigenvalue weighted by Gasteiger charge is -2.27. The van der Waals surface area contributed by atoms with Crippen molar-refractivity contribution < 1.29 is 28.9 Å². The summed E-state index contributed by atoms with van der Waals surface area (Å²) in [6.07, 6.45) is 3.52. The zero-order chi connectivity index (χ0) is 28.3. The van der Waals surface area contributed by atoms with Crippen molar-refractivity contribution in [1.29, 1.82) is 0 Å². The lowest BCUT2D eigenvalue weighted by atomic mass is 9.86. The summed E-state index contributed by atoms with van der Waals surface area (Å²) in [7, 11) is 4.61. The second kappa shape index (κ2) is 10.9. The number of hydrogen-bond donors (Lipinski definition) is 3. The number of nitrogens with zero attached hydrogens (tertiary/aromatic N) is 3. The van der Waals surface area contributed by atoms with Gasteiger partial charge in [0, 0.05) is 46.9 Å². The van der Waals surface area contributed by atoms with Crippen LogP contribution in [0, 0.1) is 5.41 Å². The van der Waals surface area contributed by atoms with Gasteiger partial charge in [0.15, 0.2) is 11.5 Å². The zero-order valence-corrected chi connectivity index (χ0v) is 22.6. The van der Waals surface area contributed by atoms with E-state index in [2.05, 4.69) is 20.6 Å². The van der Waals surface area contributed by atoms with Gasteiger partial charge in [0.1, 0.15) is 11.7 Å². The van der Waals surface area contributed by atoms with E-state index in [-0.39, 0.29) is 0 Å². The summed E-state index contributed by atoms with van der Waals surface area (Å²) < 4.78 is 18.1. The number of hydrogen-bond acceptors (Lipinski definition) is 8. The maximum Gasteiger partial charge on any atom is 0.326 e. The van der Waals surface area contributed by atoms with Crippen molar-refractivity contribution in [2.45, 2.75) is 26.8 Å². The summed E-state index contributed by atoms with van der Waals surface area (Å²) in [4.78, 5) is 33.8. The van der Waals surface area contributed by atoms with E-state index in [9.17, 15) is 14.7 Å². The number of methoxy groups -OCH3 is 3. The van der Waals surface area contributed by atoms with Crippen molar-refractivity contribution in [1.82, 2.24) is 19.9 Å². The Kier molecular flexibility index (Phi) is 7.61. The fraction of sp³-hybridized carbons (Fsp3) is 0.286. The van der Waals surface area contributed by atoms with Crippen molar-refractivity contribution in [2.24, 2.45) is 5.41 Å². The van der Waals surface area contributed by atoms with Gasteiger partial charge in [-0.15, -0.1) is 0 Å². The van der Waals surface area contributed by atoms with E-state index >= 15 is 0 Å². The van der Waals surface area contributed by atoms with Gasteiger partial charge in [0.05, 0.1) is 21.3 Å². The summed E-state index contributed by atoms with van der Waals surface area (Å²) in [5.74, 6) is 0.199. The molecule has 11 nitrogen and oxygen atoms in total. The van der Waals surface area contributed by atoms with Crippen molar-refractivity contribution >= 4 is 34.5 Å². The second-order valence-electron chi connectivity index (χ2n) is 9.86. The quantitative estimate of drug-likeness (QED) is 0.285. The van der Waals surface area contributed by atoms with Crippen LogP contribution in [-0.2, 0) is 4.79 Å². The van der Waals surface area contributed by atoms with E-state index in [0.29, 0.717) is 45.8 Å². The number of ether oxygens (including phenoxy) is 3. The third-order valence-electron chi connectivity index (χ3n) is 6.12. The van der Waals surface area contributed by atoms with Gasteiger partial charge in [-0.1, -0.05) is 26.8 Å². The molecule has 0 saturated carbocycles. The molecule has 4 rings (SSSR count). The van der Waals surface area contributed by atoms with Gasteiger partial charge in [0.2, 0.25) is 11.7 Å². The van der Waals surface area contributed by atoms with Gasteiger partial charge < -0.3 is 34.5 Å². The van der Waals surface area contributed by atoms with E-state index in [1.807, 2.05) is 22.9 Å². The standard InChI is InChI=1S/C28H31N5O6/c1-28(2,3)23(26(35)36)31-25(34)16-8-7-9-19(12-16)33-11-10-17-15-29-27(32-24(17)33)30-18-13-20(37-4)22(39-6)21(14-18)38-5/h7-15,23H,1-6H3,(H,31,34)(H,35,36)(H,29,30,32)/t23-/m0/s1. The molecule has 0 aliphatic heterocycles. The number of amides is 1. The minimum Gasteiger partial charge on any atom is -0.493 e. The molecule has 204 valence electrons. The number of anilines is 2.